The molecule has 0 unspecified atom stereocenters. The van der Waals surface area contributed by atoms with Gasteiger partial charge in [0.25, 0.3) is 11.8 Å². The van der Waals surface area contributed by atoms with Gasteiger partial charge in [0.2, 0.25) is 0 Å². The molecule has 0 bridgehead atoms. The zero-order valence-electron chi connectivity index (χ0n) is 16.5. The molecule has 1 saturated heterocycles. The monoisotopic (exact) mass is 494 g/mol. The van der Waals surface area contributed by atoms with Crippen LogP contribution < -0.4 is 15.0 Å². The van der Waals surface area contributed by atoms with E-state index in [1.54, 1.807) is 60.7 Å². The number of barbiturate groups is 1. The first-order valence-electron chi connectivity index (χ1n) is 9.55. The van der Waals surface area contributed by atoms with Crippen molar-refractivity contribution in [3.8, 4) is 5.75 Å². The van der Waals surface area contributed by atoms with Crippen molar-refractivity contribution in [2.75, 3.05) is 4.90 Å². The van der Waals surface area contributed by atoms with Crippen LogP contribution in [0.1, 0.15) is 11.1 Å². The number of ether oxygens (including phenoxy) is 1. The molecule has 6 nitrogen and oxygen atoms in total. The minimum Gasteiger partial charge on any atom is -0.488 e. The molecule has 3 aromatic carbocycles. The lowest BCUT2D eigenvalue weighted by Gasteiger charge is -2.26. The van der Waals surface area contributed by atoms with Crippen LogP contribution >= 0.6 is 15.9 Å². The van der Waals surface area contributed by atoms with E-state index in [0.717, 1.165) is 4.90 Å². The summed E-state index contributed by atoms with van der Waals surface area (Å²) in [5.41, 5.74) is 1.42. The van der Waals surface area contributed by atoms with Gasteiger partial charge in [-0.3, -0.25) is 14.9 Å². The zero-order valence-corrected chi connectivity index (χ0v) is 18.1. The summed E-state index contributed by atoms with van der Waals surface area (Å²) in [4.78, 5) is 38.4. The SMILES string of the molecule is O=C1NC(=O)N(c2ccccc2)C(=O)/C1=C/c1ccc(OCc2cccc(F)c2)c(Br)c1. The Morgan fingerprint density at radius 3 is 2.47 bits per heavy atom. The van der Waals surface area contributed by atoms with Crippen LogP contribution in [-0.2, 0) is 16.2 Å². The summed E-state index contributed by atoms with van der Waals surface area (Å²) in [5.74, 6) is -1.32. The van der Waals surface area contributed by atoms with E-state index in [4.69, 9.17) is 4.74 Å². The van der Waals surface area contributed by atoms with Crippen LogP contribution in [0.15, 0.2) is 82.8 Å². The average Bonchev–Trinajstić information content (AvgIpc) is 2.77. The predicted octanol–water partition coefficient (Wildman–Crippen LogP) is 4.83. The fourth-order valence-electron chi connectivity index (χ4n) is 3.15. The van der Waals surface area contributed by atoms with Crippen LogP contribution in [0.4, 0.5) is 14.9 Å². The fraction of sp³-hybridized carbons (Fsp3) is 0.0417. The summed E-state index contributed by atoms with van der Waals surface area (Å²) < 4.78 is 19.6. The number of hydrogen-bond donors (Lipinski definition) is 1. The van der Waals surface area contributed by atoms with Gasteiger partial charge in [-0.15, -0.1) is 0 Å². The molecule has 1 aliphatic rings. The molecular weight excluding hydrogens is 479 g/mol. The molecule has 8 heteroatoms. The molecular formula is C24H16BrFN2O4. The van der Waals surface area contributed by atoms with Crippen LogP contribution in [0, 0.1) is 5.82 Å². The van der Waals surface area contributed by atoms with Gasteiger partial charge in [0.05, 0.1) is 10.2 Å². The number of hydrogen-bond acceptors (Lipinski definition) is 4. The lowest BCUT2D eigenvalue weighted by atomic mass is 10.1. The van der Waals surface area contributed by atoms with Crippen LogP contribution in [0.5, 0.6) is 5.75 Å². The third-order valence-electron chi connectivity index (χ3n) is 4.67. The minimum absolute atomic E-state index is 0.172. The standard InChI is InChI=1S/C24H16BrFN2O4/c25-20-13-15(9-10-21(20)32-14-16-5-4-6-17(26)11-16)12-19-22(29)27-24(31)28(23(19)30)18-7-2-1-3-8-18/h1-13H,14H2,(H,27,29,31)/b19-12+. The third-order valence-corrected chi connectivity index (χ3v) is 5.29. The van der Waals surface area contributed by atoms with Gasteiger partial charge in [-0.25, -0.2) is 14.1 Å². The quantitative estimate of drug-likeness (QED) is 0.407. The second-order valence-electron chi connectivity index (χ2n) is 6.90. The van der Waals surface area contributed by atoms with Gasteiger partial charge in [-0.1, -0.05) is 36.4 Å². The largest absolute Gasteiger partial charge is 0.488 e. The highest BCUT2D eigenvalue weighted by Crippen LogP contribution is 2.29. The van der Waals surface area contributed by atoms with Crippen molar-refractivity contribution in [3.63, 3.8) is 0 Å². The van der Waals surface area contributed by atoms with Crippen molar-refractivity contribution in [1.82, 2.24) is 5.32 Å². The Labute approximate surface area is 191 Å². The summed E-state index contributed by atoms with van der Waals surface area (Å²) in [5, 5.41) is 2.19. The molecule has 0 aliphatic carbocycles. The number of nitrogens with one attached hydrogen (secondary N) is 1. The van der Waals surface area contributed by atoms with Crippen molar-refractivity contribution in [3.05, 3.63) is 99.8 Å². The number of para-hydroxylation sites is 1. The van der Waals surface area contributed by atoms with E-state index in [2.05, 4.69) is 21.2 Å². The molecule has 1 fully saturated rings. The number of urea groups is 1. The smallest absolute Gasteiger partial charge is 0.335 e. The van der Waals surface area contributed by atoms with Crippen LogP contribution in [0.2, 0.25) is 0 Å². The van der Waals surface area contributed by atoms with Gasteiger partial charge in [-0.05, 0) is 69.5 Å². The molecule has 0 radical (unpaired) electrons. The molecule has 0 aromatic heterocycles. The van der Waals surface area contributed by atoms with Crippen molar-refractivity contribution < 1.29 is 23.5 Å². The molecule has 0 saturated carbocycles. The van der Waals surface area contributed by atoms with Crippen LogP contribution in [-0.4, -0.2) is 17.8 Å². The number of rotatable bonds is 5. The van der Waals surface area contributed by atoms with Crippen LogP contribution in [0.25, 0.3) is 6.08 Å². The number of benzene rings is 3. The molecule has 3 aromatic rings. The molecule has 0 spiro atoms. The molecule has 4 amide bonds. The van der Waals surface area contributed by atoms with Crippen LogP contribution in [0.3, 0.4) is 0 Å². The maximum absolute atomic E-state index is 13.3. The minimum atomic E-state index is -0.800. The number of nitrogens with zero attached hydrogens (tertiary/aromatic N) is 1. The Kier molecular flexibility index (Phi) is 6.13. The predicted molar refractivity (Wildman–Crippen MR) is 120 cm³/mol. The number of imide groups is 2. The number of anilines is 1. The summed E-state index contributed by atoms with van der Waals surface area (Å²) in [6, 6.07) is 18.7. The summed E-state index contributed by atoms with van der Waals surface area (Å²) in [7, 11) is 0. The van der Waals surface area contributed by atoms with Gasteiger partial charge >= 0.3 is 6.03 Å². The first-order chi connectivity index (χ1) is 15.4. The molecule has 32 heavy (non-hydrogen) atoms. The van der Waals surface area contributed by atoms with E-state index in [1.807, 2.05) is 0 Å². The van der Waals surface area contributed by atoms with E-state index < -0.39 is 17.8 Å². The molecule has 1 N–H and O–H groups in total. The normalized spacial score (nSPS) is 15.1. The lowest BCUT2D eigenvalue weighted by Crippen LogP contribution is -2.54. The van der Waals surface area contributed by atoms with Crippen molar-refractivity contribution >= 4 is 45.5 Å². The second-order valence-corrected chi connectivity index (χ2v) is 7.76. The van der Waals surface area contributed by atoms with E-state index in [9.17, 15) is 18.8 Å². The van der Waals surface area contributed by atoms with Gasteiger partial charge in [0, 0.05) is 0 Å². The maximum Gasteiger partial charge on any atom is 0.335 e. The van der Waals surface area contributed by atoms with E-state index >= 15 is 0 Å². The molecule has 160 valence electrons. The Bertz CT molecular complexity index is 1240. The zero-order chi connectivity index (χ0) is 22.7. The fourth-order valence-corrected chi connectivity index (χ4v) is 3.66. The number of amides is 4. The molecule has 4 rings (SSSR count). The molecule has 1 aliphatic heterocycles. The summed E-state index contributed by atoms with van der Waals surface area (Å²) in [6.07, 6.45) is 1.40. The highest BCUT2D eigenvalue weighted by Gasteiger charge is 2.36. The number of halogens is 2. The van der Waals surface area contributed by atoms with E-state index in [1.165, 1.54) is 18.2 Å². The van der Waals surface area contributed by atoms with E-state index in [-0.39, 0.29) is 18.0 Å². The Hall–Kier alpha value is -3.78. The number of carbonyl (C=O) groups is 3. The molecule has 0 atom stereocenters. The lowest BCUT2D eigenvalue weighted by molar-refractivity contribution is -0.122. The molecule has 1 heterocycles. The summed E-state index contributed by atoms with van der Waals surface area (Å²) >= 11 is 3.41. The Morgan fingerprint density at radius 2 is 1.75 bits per heavy atom. The van der Waals surface area contributed by atoms with Gasteiger partial charge < -0.3 is 4.74 Å². The third kappa shape index (κ3) is 4.60. The van der Waals surface area contributed by atoms with Gasteiger partial charge in [0.15, 0.2) is 0 Å². The van der Waals surface area contributed by atoms with Crippen molar-refractivity contribution in [2.24, 2.45) is 0 Å². The van der Waals surface area contributed by atoms with Gasteiger partial charge in [0.1, 0.15) is 23.7 Å². The van der Waals surface area contributed by atoms with Gasteiger partial charge in [-0.2, -0.15) is 0 Å². The first-order valence-corrected chi connectivity index (χ1v) is 10.3. The van der Waals surface area contributed by atoms with E-state index in [0.29, 0.717) is 27.0 Å². The highest BCUT2D eigenvalue weighted by molar-refractivity contribution is 9.10. The number of carbonyl (C=O) groups excluding carboxylic acids is 3. The summed E-state index contributed by atoms with van der Waals surface area (Å²) in [6.45, 7) is 0.172. The highest BCUT2D eigenvalue weighted by atomic mass is 79.9. The Morgan fingerprint density at radius 1 is 0.969 bits per heavy atom. The first kappa shape index (κ1) is 21.5. The second kappa shape index (κ2) is 9.15. The Balaban J connectivity index is 1.56. The maximum atomic E-state index is 13.3. The van der Waals surface area contributed by atoms with Crippen molar-refractivity contribution in [1.29, 1.82) is 0 Å². The van der Waals surface area contributed by atoms with Crippen molar-refractivity contribution in [2.45, 2.75) is 6.61 Å². The topological polar surface area (TPSA) is 75.7 Å². The average molecular weight is 495 g/mol.